The van der Waals surface area contributed by atoms with Gasteiger partial charge >= 0.3 is 0 Å². The van der Waals surface area contributed by atoms with Gasteiger partial charge in [-0.05, 0) is 385 Å². The fraction of sp³-hybridized carbons (Fsp3) is 0.279. The third-order valence-electron chi connectivity index (χ3n) is 37.0. The smallest absolute Gasteiger partial charge is 0.0704 e. The molecule has 2 aromatic heterocycles. The van der Waals surface area contributed by atoms with Crippen molar-refractivity contribution in [1.29, 1.82) is 0 Å². The molecule has 16 atom stereocenters. The molecule has 14 aromatic carbocycles. The molecule has 6 saturated carbocycles. The van der Waals surface area contributed by atoms with Gasteiger partial charge < -0.3 is 0 Å². The summed E-state index contributed by atoms with van der Waals surface area (Å²) in [4.78, 5) is 10.5. The van der Waals surface area contributed by atoms with Crippen molar-refractivity contribution in [3.63, 3.8) is 0 Å². The van der Waals surface area contributed by atoms with Crippen molar-refractivity contribution in [3.05, 3.63) is 393 Å². The Morgan fingerprint density at radius 2 is 0.484 bits per heavy atom. The monoisotopic (exact) mass is 1590 g/mol. The average molecular weight is 1600 g/mol. The van der Waals surface area contributed by atoms with Crippen LogP contribution in [0.4, 0.5) is 0 Å². The molecular weight excluding hydrogens is 1490 g/mol. The minimum Gasteiger partial charge on any atom is -0.256 e. The number of hydrogen-bond donors (Lipinski definition) is 0. The molecule has 0 aliphatic heterocycles. The van der Waals surface area contributed by atoms with Crippen LogP contribution in [0.3, 0.4) is 0 Å². The first kappa shape index (κ1) is 71.6. The Morgan fingerprint density at radius 1 is 0.226 bits per heavy atom. The van der Waals surface area contributed by atoms with Crippen molar-refractivity contribution in [2.75, 3.05) is 0 Å². The number of fused-ring (bicyclic) bond motifs is 29. The first-order valence-electron chi connectivity index (χ1n) is 47.4. The molecule has 2 heteroatoms. The lowest BCUT2D eigenvalue weighted by Gasteiger charge is -2.59. The minimum absolute atomic E-state index is 0.0157. The fourth-order valence-electron chi connectivity index (χ4n) is 29.9. The second kappa shape index (κ2) is 25.9. The molecule has 0 amide bonds. The van der Waals surface area contributed by atoms with Crippen molar-refractivity contribution < 1.29 is 0 Å². The van der Waals surface area contributed by atoms with Gasteiger partial charge in [-0.1, -0.05) is 282 Å². The summed E-state index contributed by atoms with van der Waals surface area (Å²) in [5, 5.41) is 8.47. The SMILES string of the molecule is CC1(c2ccc(-c3c4cc5c(cc4c(-c4ccc(C6(C)C7Cc8cc(-c9ccccc9)ncc8C6C7)cc4)c4c(-c6ccc(C7(C)C8Cc9cc(-c%10ccccc%10)ncc9C7C8)cc6)c6cc7c(cc6c(-c6ccc(C8(C)C9Cc%10cc(-c%11ccccc%11)ccc%10C8C9)cc6)c34)C3CCC7C3)C3CCC5C3)cc2)C2Cc3cc(-c4ccccc4)ccc3C1C2. The van der Waals surface area contributed by atoms with Gasteiger partial charge in [-0.25, -0.2) is 0 Å². The number of hydrogen-bond acceptors (Lipinski definition) is 2. The Balaban J connectivity index is 0.681. The number of pyridine rings is 2. The van der Waals surface area contributed by atoms with E-state index in [0.717, 1.165) is 37.1 Å². The summed E-state index contributed by atoms with van der Waals surface area (Å²) in [7, 11) is 0. The standard InChI is InChI=1S/C122H102N2/c1-119(91-53-83-49-77(69-17-9-5-10-18-69)37-47-95(83)107(119)59-91)87-39-29-73(30-40-87)113-101-63-97-79-25-27-81(51-79)99(97)65-103(101)115(75-33-43-89(44-34-75)121(3)93-55-85-57-111(71-21-13-7-14-22-71)123-67-105(85)109(121)61-93)118-116(76-35-45-90(46-36-76)122(4)94-56-86-58-112(72-23-15-8-16-24-72)124-68-106(86)110(122)62-94)104-66-100-82-28-26-80(52-82)98(100)64-102(104)114(117(113)118)74-31-41-88(42-32-74)120(2)92-54-84-50-78(70-19-11-6-12-20-70)38-48-96(84)108(120)60-92/h5-24,29-50,57-58,63-68,79-82,91-94,107-110H,25-28,51-56,59-62H2,1-4H3. The molecule has 600 valence electrons. The number of nitrogens with zero attached hydrogens (tertiary/aromatic N) is 2. The van der Waals surface area contributed by atoms with Gasteiger partial charge in [0.25, 0.3) is 0 Å². The zero-order valence-electron chi connectivity index (χ0n) is 71.6. The van der Waals surface area contributed by atoms with Crippen LogP contribution < -0.4 is 0 Å². The summed E-state index contributed by atoms with van der Waals surface area (Å²) < 4.78 is 0. The van der Waals surface area contributed by atoms with Crippen molar-refractivity contribution >= 4 is 32.3 Å². The maximum atomic E-state index is 5.25. The van der Waals surface area contributed by atoms with E-state index in [-0.39, 0.29) is 21.7 Å². The molecule has 0 radical (unpaired) electrons. The minimum atomic E-state index is -0.0157. The third kappa shape index (κ3) is 9.79. The van der Waals surface area contributed by atoms with Gasteiger partial charge in [0.15, 0.2) is 0 Å². The summed E-state index contributed by atoms with van der Waals surface area (Å²) in [5.74, 6) is 6.29. The lowest BCUT2D eigenvalue weighted by molar-refractivity contribution is 0.0802. The summed E-state index contributed by atoms with van der Waals surface area (Å²) in [6, 6.07) is 117. The van der Waals surface area contributed by atoms with E-state index >= 15 is 0 Å². The highest BCUT2D eigenvalue weighted by Crippen LogP contribution is 2.70. The van der Waals surface area contributed by atoms with Crippen LogP contribution in [-0.4, -0.2) is 9.97 Å². The van der Waals surface area contributed by atoms with E-state index in [1.54, 1.807) is 44.5 Å². The van der Waals surface area contributed by atoms with Crippen LogP contribution in [0.1, 0.15) is 228 Å². The number of aromatic nitrogens is 2. The summed E-state index contributed by atoms with van der Waals surface area (Å²) >= 11 is 0. The zero-order valence-corrected chi connectivity index (χ0v) is 71.6. The summed E-state index contributed by atoms with van der Waals surface area (Å²) in [6.07, 6.45) is 21.5. The van der Waals surface area contributed by atoms with Crippen molar-refractivity contribution in [3.8, 4) is 89.3 Å². The van der Waals surface area contributed by atoms with E-state index in [1.807, 2.05) is 0 Å². The number of rotatable bonds is 12. The predicted molar refractivity (Wildman–Crippen MR) is 510 cm³/mol. The summed E-state index contributed by atoms with van der Waals surface area (Å²) in [6.45, 7) is 10.5. The molecule has 0 N–H and O–H groups in total. The van der Waals surface area contributed by atoms with Gasteiger partial charge in [-0.3, -0.25) is 9.97 Å². The third-order valence-corrected chi connectivity index (χ3v) is 37.0. The molecule has 0 saturated heterocycles. The molecule has 0 spiro atoms. The highest BCUT2D eigenvalue weighted by Gasteiger charge is 2.60. The molecular formula is C122H102N2. The Kier molecular flexibility index (Phi) is 15.0. The number of benzene rings is 14. The van der Waals surface area contributed by atoms with Gasteiger partial charge in [0, 0.05) is 45.2 Å². The van der Waals surface area contributed by atoms with Crippen LogP contribution in [0.25, 0.3) is 122 Å². The lowest BCUT2D eigenvalue weighted by atomic mass is 9.44. The van der Waals surface area contributed by atoms with E-state index in [2.05, 4.69) is 331 Å². The lowest BCUT2D eigenvalue weighted by Crippen LogP contribution is -2.53. The molecule has 6 fully saturated rings. The van der Waals surface area contributed by atoms with Crippen LogP contribution in [-0.2, 0) is 47.3 Å². The van der Waals surface area contributed by atoms with Gasteiger partial charge in [0.2, 0.25) is 0 Å². The maximum absolute atomic E-state index is 5.25. The molecule has 12 aliphatic carbocycles. The van der Waals surface area contributed by atoms with Crippen LogP contribution >= 0.6 is 0 Å². The van der Waals surface area contributed by atoms with Crippen LogP contribution in [0.5, 0.6) is 0 Å². The highest BCUT2D eigenvalue weighted by molar-refractivity contribution is 6.34. The Hall–Kier alpha value is -11.8. The van der Waals surface area contributed by atoms with Gasteiger partial charge in [-0.2, -0.15) is 0 Å². The average Bonchev–Trinajstić information content (AvgIpc) is 1.14. The maximum Gasteiger partial charge on any atom is 0.0704 e. The van der Waals surface area contributed by atoms with Crippen LogP contribution in [0.15, 0.2) is 304 Å². The molecule has 12 aliphatic rings. The molecule has 2 nitrogen and oxygen atoms in total. The molecule has 16 aromatic rings. The molecule has 2 heterocycles. The van der Waals surface area contributed by atoms with E-state index in [0.29, 0.717) is 71.0 Å². The Bertz CT molecular complexity index is 6370. The van der Waals surface area contributed by atoms with Crippen LogP contribution in [0, 0.1) is 23.7 Å². The Labute approximate surface area is 729 Å². The van der Waals surface area contributed by atoms with Gasteiger partial charge in [0.05, 0.1) is 11.4 Å². The molecule has 28 rings (SSSR count). The Morgan fingerprint density at radius 3 is 0.774 bits per heavy atom. The van der Waals surface area contributed by atoms with E-state index in [1.165, 1.54) is 219 Å². The highest BCUT2D eigenvalue weighted by atomic mass is 14.7. The second-order valence-electron chi connectivity index (χ2n) is 41.7. The second-order valence-corrected chi connectivity index (χ2v) is 41.7. The van der Waals surface area contributed by atoms with Crippen molar-refractivity contribution in [1.82, 2.24) is 9.97 Å². The zero-order chi connectivity index (χ0) is 81.5. The fourth-order valence-corrected chi connectivity index (χ4v) is 29.9. The topological polar surface area (TPSA) is 25.8 Å². The summed E-state index contributed by atoms with van der Waals surface area (Å²) in [5.41, 5.74) is 45.3. The van der Waals surface area contributed by atoms with E-state index in [9.17, 15) is 0 Å². The quantitative estimate of drug-likeness (QED) is 0.114. The largest absolute Gasteiger partial charge is 0.256 e. The first-order valence-corrected chi connectivity index (χ1v) is 47.4. The van der Waals surface area contributed by atoms with Crippen molar-refractivity contribution in [2.45, 2.75) is 187 Å². The van der Waals surface area contributed by atoms with Gasteiger partial charge in [0.1, 0.15) is 0 Å². The van der Waals surface area contributed by atoms with E-state index < -0.39 is 0 Å². The van der Waals surface area contributed by atoms with Crippen molar-refractivity contribution in [2.24, 2.45) is 23.7 Å². The molecule has 124 heavy (non-hydrogen) atoms. The van der Waals surface area contributed by atoms with Crippen LogP contribution in [0.2, 0.25) is 0 Å². The molecule has 12 bridgehead atoms. The first-order chi connectivity index (χ1) is 60.9. The normalized spacial score (nSPS) is 28.3. The van der Waals surface area contributed by atoms with Gasteiger partial charge in [-0.15, -0.1) is 0 Å². The predicted octanol–water partition coefficient (Wildman–Crippen LogP) is 30.5. The molecule has 16 unspecified atom stereocenters. The van der Waals surface area contributed by atoms with E-state index in [4.69, 9.17) is 9.97 Å².